The van der Waals surface area contributed by atoms with Crippen molar-refractivity contribution in [3.05, 3.63) is 53.6 Å². The van der Waals surface area contributed by atoms with Gasteiger partial charge in [0.2, 0.25) is 11.8 Å². The molecule has 1 fully saturated rings. The molecule has 0 aromatic heterocycles. The van der Waals surface area contributed by atoms with Gasteiger partial charge in [-0.25, -0.2) is 0 Å². The third-order valence-electron chi connectivity index (χ3n) is 5.94. The van der Waals surface area contributed by atoms with E-state index in [-0.39, 0.29) is 36.9 Å². The zero-order valence-corrected chi connectivity index (χ0v) is 20.1. The number of amides is 3. The molecule has 0 atom stereocenters. The maximum absolute atomic E-state index is 13.5. The van der Waals surface area contributed by atoms with Gasteiger partial charge in [0.15, 0.2) is 0 Å². The molecule has 8 heteroatoms. The second-order valence-corrected chi connectivity index (χ2v) is 8.52. The maximum Gasteiger partial charge on any atom is 0.254 e. The summed E-state index contributed by atoms with van der Waals surface area (Å²) in [5.41, 5.74) is 2.09. The lowest BCUT2D eigenvalue weighted by molar-refractivity contribution is -0.125. The first-order valence-electron chi connectivity index (χ1n) is 11.6. The van der Waals surface area contributed by atoms with Crippen molar-refractivity contribution in [1.82, 2.24) is 10.2 Å². The molecule has 3 amide bonds. The fraction of sp³-hybridized carbons (Fsp3) is 0.423. The van der Waals surface area contributed by atoms with Gasteiger partial charge >= 0.3 is 0 Å². The molecule has 0 spiro atoms. The molecule has 1 aliphatic rings. The molecular formula is C26H33N3O5. The Labute approximate surface area is 200 Å². The predicted molar refractivity (Wildman–Crippen MR) is 130 cm³/mol. The van der Waals surface area contributed by atoms with Crippen LogP contribution in [0.2, 0.25) is 0 Å². The van der Waals surface area contributed by atoms with Gasteiger partial charge in [0, 0.05) is 23.4 Å². The van der Waals surface area contributed by atoms with Crippen molar-refractivity contribution in [2.75, 3.05) is 32.6 Å². The molecule has 0 bridgehead atoms. The van der Waals surface area contributed by atoms with E-state index in [9.17, 15) is 14.4 Å². The third kappa shape index (κ3) is 6.97. The molecule has 0 aliphatic heterocycles. The highest BCUT2D eigenvalue weighted by Crippen LogP contribution is 2.27. The summed E-state index contributed by atoms with van der Waals surface area (Å²) in [5.74, 6) is 0.0378. The quantitative estimate of drug-likeness (QED) is 0.588. The molecule has 0 unspecified atom stereocenters. The number of nitrogens with one attached hydrogen (secondary N) is 2. The van der Waals surface area contributed by atoms with E-state index in [1.165, 1.54) is 14.2 Å². The van der Waals surface area contributed by atoms with E-state index in [4.69, 9.17) is 9.47 Å². The van der Waals surface area contributed by atoms with Crippen LogP contribution in [-0.4, -0.2) is 56.0 Å². The molecule has 1 saturated carbocycles. The number of rotatable bonds is 9. The molecule has 34 heavy (non-hydrogen) atoms. The Bertz CT molecular complexity index is 995. The lowest BCUT2D eigenvalue weighted by Gasteiger charge is -2.34. The number of anilines is 1. The number of benzene rings is 2. The zero-order valence-electron chi connectivity index (χ0n) is 20.1. The van der Waals surface area contributed by atoms with Crippen LogP contribution in [0.1, 0.15) is 48.0 Å². The van der Waals surface area contributed by atoms with Crippen molar-refractivity contribution in [3.8, 4) is 11.5 Å². The van der Waals surface area contributed by atoms with Gasteiger partial charge in [-0.15, -0.1) is 0 Å². The Morgan fingerprint density at radius 1 is 0.941 bits per heavy atom. The molecule has 0 heterocycles. The van der Waals surface area contributed by atoms with Crippen LogP contribution in [0.4, 0.5) is 5.69 Å². The lowest BCUT2D eigenvalue weighted by atomic mass is 9.93. The van der Waals surface area contributed by atoms with Gasteiger partial charge in [-0.3, -0.25) is 14.4 Å². The second-order valence-electron chi connectivity index (χ2n) is 8.52. The van der Waals surface area contributed by atoms with E-state index in [2.05, 4.69) is 10.6 Å². The van der Waals surface area contributed by atoms with Gasteiger partial charge in [0.05, 0.1) is 20.8 Å². The summed E-state index contributed by atoms with van der Waals surface area (Å²) in [7, 11) is 3.05. The molecule has 2 aromatic rings. The van der Waals surface area contributed by atoms with Gasteiger partial charge in [-0.05, 0) is 49.6 Å². The van der Waals surface area contributed by atoms with Crippen LogP contribution >= 0.6 is 0 Å². The van der Waals surface area contributed by atoms with Gasteiger partial charge in [0.25, 0.3) is 5.91 Å². The van der Waals surface area contributed by atoms with Gasteiger partial charge in [-0.1, -0.05) is 31.4 Å². The highest BCUT2D eigenvalue weighted by molar-refractivity contribution is 5.98. The van der Waals surface area contributed by atoms with Crippen molar-refractivity contribution >= 4 is 23.4 Å². The van der Waals surface area contributed by atoms with E-state index >= 15 is 0 Å². The Balaban J connectivity index is 1.68. The van der Waals surface area contributed by atoms with Crippen molar-refractivity contribution < 1.29 is 23.9 Å². The summed E-state index contributed by atoms with van der Waals surface area (Å²) in [4.78, 5) is 40.1. The molecule has 0 radical (unpaired) electrons. The first-order chi connectivity index (χ1) is 16.4. The normalized spacial score (nSPS) is 13.6. The van der Waals surface area contributed by atoms with E-state index in [1.807, 2.05) is 25.1 Å². The number of carbonyl (C=O) groups is 3. The molecule has 2 aromatic carbocycles. The molecule has 182 valence electrons. The fourth-order valence-electron chi connectivity index (χ4n) is 4.17. The number of methoxy groups -OCH3 is 2. The summed E-state index contributed by atoms with van der Waals surface area (Å²) >= 11 is 0. The Morgan fingerprint density at radius 3 is 2.24 bits per heavy atom. The van der Waals surface area contributed by atoms with Crippen LogP contribution in [0, 0.1) is 6.92 Å². The lowest BCUT2D eigenvalue weighted by Crippen LogP contribution is -2.48. The first-order valence-corrected chi connectivity index (χ1v) is 11.6. The maximum atomic E-state index is 13.5. The topological polar surface area (TPSA) is 97.0 Å². The molecule has 2 N–H and O–H groups in total. The predicted octanol–water partition coefficient (Wildman–Crippen LogP) is 3.54. The monoisotopic (exact) mass is 467 g/mol. The van der Waals surface area contributed by atoms with Gasteiger partial charge in [-0.2, -0.15) is 0 Å². The molecule has 1 aliphatic carbocycles. The zero-order chi connectivity index (χ0) is 24.5. The summed E-state index contributed by atoms with van der Waals surface area (Å²) in [6.07, 6.45) is 4.82. The standard InChI is InChI=1S/C26H33N3O5/c1-18-8-7-9-20(12-18)28-24(30)16-27-25(31)17-29(21-10-5-4-6-11-21)26(32)19-13-22(33-2)15-23(14-19)34-3/h7-9,12-15,21H,4-6,10-11,16-17H2,1-3H3,(H,27,31)(H,28,30). The number of ether oxygens (including phenoxy) is 2. The largest absolute Gasteiger partial charge is 0.497 e. The Kier molecular flexibility index (Phi) is 8.90. The number of aryl methyl sites for hydroxylation is 1. The summed E-state index contributed by atoms with van der Waals surface area (Å²) in [6.45, 7) is 1.64. The molecule has 8 nitrogen and oxygen atoms in total. The minimum Gasteiger partial charge on any atom is -0.497 e. The Morgan fingerprint density at radius 2 is 1.62 bits per heavy atom. The fourth-order valence-corrected chi connectivity index (χ4v) is 4.17. The summed E-state index contributed by atoms with van der Waals surface area (Å²) < 4.78 is 10.6. The smallest absolute Gasteiger partial charge is 0.254 e. The third-order valence-corrected chi connectivity index (χ3v) is 5.94. The van der Waals surface area contributed by atoms with E-state index < -0.39 is 0 Å². The SMILES string of the molecule is COc1cc(OC)cc(C(=O)N(CC(=O)NCC(=O)Nc2cccc(C)c2)C2CCCCC2)c1. The van der Waals surface area contributed by atoms with Crippen LogP contribution < -0.4 is 20.1 Å². The van der Waals surface area contributed by atoms with Crippen LogP contribution in [0.25, 0.3) is 0 Å². The minimum atomic E-state index is -0.381. The van der Waals surface area contributed by atoms with E-state index in [0.717, 1.165) is 37.7 Å². The average Bonchev–Trinajstić information content (AvgIpc) is 2.85. The molecular weight excluding hydrogens is 434 g/mol. The number of nitrogens with zero attached hydrogens (tertiary/aromatic N) is 1. The Hall–Kier alpha value is -3.55. The summed E-state index contributed by atoms with van der Waals surface area (Å²) in [5, 5.41) is 5.41. The van der Waals surface area contributed by atoms with Gasteiger partial charge < -0.3 is 25.0 Å². The van der Waals surface area contributed by atoms with Crippen LogP contribution in [0.15, 0.2) is 42.5 Å². The number of carbonyl (C=O) groups excluding carboxylic acids is 3. The highest BCUT2D eigenvalue weighted by atomic mass is 16.5. The van der Waals surface area contributed by atoms with Gasteiger partial charge in [0.1, 0.15) is 18.0 Å². The van der Waals surface area contributed by atoms with E-state index in [0.29, 0.717) is 22.7 Å². The minimum absolute atomic E-state index is 0.0367. The second kappa shape index (κ2) is 12.1. The highest BCUT2D eigenvalue weighted by Gasteiger charge is 2.29. The van der Waals surface area contributed by atoms with E-state index in [1.54, 1.807) is 29.2 Å². The molecule has 0 saturated heterocycles. The van der Waals surface area contributed by atoms with Crippen LogP contribution in [0.5, 0.6) is 11.5 Å². The van der Waals surface area contributed by atoms with Crippen molar-refractivity contribution in [1.29, 1.82) is 0 Å². The molecule has 3 rings (SSSR count). The number of hydrogen-bond donors (Lipinski definition) is 2. The van der Waals surface area contributed by atoms with Crippen LogP contribution in [0.3, 0.4) is 0 Å². The van der Waals surface area contributed by atoms with Crippen molar-refractivity contribution in [3.63, 3.8) is 0 Å². The van der Waals surface area contributed by atoms with Crippen molar-refractivity contribution in [2.24, 2.45) is 0 Å². The number of hydrogen-bond acceptors (Lipinski definition) is 5. The van der Waals surface area contributed by atoms with Crippen LogP contribution in [-0.2, 0) is 9.59 Å². The average molecular weight is 468 g/mol. The first kappa shape index (κ1) is 25.1. The van der Waals surface area contributed by atoms with Crippen molar-refractivity contribution in [2.45, 2.75) is 45.1 Å². The summed E-state index contributed by atoms with van der Waals surface area (Å²) in [6, 6.07) is 12.4.